The first kappa shape index (κ1) is 14.3. The van der Waals surface area contributed by atoms with E-state index in [4.69, 9.17) is 15.7 Å². The summed E-state index contributed by atoms with van der Waals surface area (Å²) >= 11 is 0. The number of aryl methyl sites for hydroxylation is 1. The molecule has 108 valence electrons. The molecule has 0 aliphatic rings. The highest BCUT2D eigenvalue weighted by molar-refractivity contribution is 5.99. The summed E-state index contributed by atoms with van der Waals surface area (Å²) in [4.78, 5) is 14.0. The molecule has 0 spiro atoms. The zero-order valence-electron chi connectivity index (χ0n) is 11.1. The third-order valence-electron chi connectivity index (χ3n) is 2.73. The van der Waals surface area contributed by atoms with E-state index >= 15 is 0 Å². The zero-order valence-corrected chi connectivity index (χ0v) is 11.1. The van der Waals surface area contributed by atoms with Gasteiger partial charge in [0.1, 0.15) is 11.9 Å². The van der Waals surface area contributed by atoms with Crippen LogP contribution in [0.1, 0.15) is 11.1 Å². The molecule has 21 heavy (non-hydrogen) atoms. The van der Waals surface area contributed by atoms with Gasteiger partial charge in [0.2, 0.25) is 5.88 Å². The van der Waals surface area contributed by atoms with Gasteiger partial charge in [-0.05, 0) is 18.6 Å². The molecule has 3 N–H and O–H groups in total. The molecule has 1 aromatic heterocycles. The van der Waals surface area contributed by atoms with E-state index in [-0.39, 0.29) is 23.0 Å². The minimum absolute atomic E-state index is 0.0187. The van der Waals surface area contributed by atoms with Crippen molar-refractivity contribution in [1.82, 2.24) is 4.98 Å². The number of pyridine rings is 1. The number of para-hydroxylation sites is 1. The molecule has 0 saturated carbocycles. The van der Waals surface area contributed by atoms with Crippen molar-refractivity contribution in [2.45, 2.75) is 6.92 Å². The number of hydrogen-bond acceptors (Lipinski definition) is 6. The van der Waals surface area contributed by atoms with E-state index < -0.39 is 4.92 Å². The first-order valence-electron chi connectivity index (χ1n) is 5.88. The van der Waals surface area contributed by atoms with E-state index in [1.54, 1.807) is 12.1 Å². The van der Waals surface area contributed by atoms with E-state index in [1.165, 1.54) is 0 Å². The van der Waals surface area contributed by atoms with Crippen molar-refractivity contribution in [3.63, 3.8) is 0 Å². The number of rotatable bonds is 4. The number of oxime groups is 1. The fraction of sp³-hybridized carbons (Fsp3) is 0.0769. The quantitative estimate of drug-likeness (QED) is 0.292. The Hall–Kier alpha value is -3.16. The van der Waals surface area contributed by atoms with Crippen LogP contribution in [0.15, 0.2) is 41.7 Å². The lowest BCUT2D eigenvalue weighted by atomic mass is 10.2. The maximum Gasteiger partial charge on any atom is 0.288 e. The number of amidine groups is 1. The number of benzene rings is 1. The number of aromatic nitrogens is 1. The second-order valence-electron chi connectivity index (χ2n) is 4.16. The van der Waals surface area contributed by atoms with Crippen LogP contribution in [-0.4, -0.2) is 21.0 Å². The summed E-state index contributed by atoms with van der Waals surface area (Å²) in [6, 6.07) is 8.31. The topological polar surface area (TPSA) is 124 Å². The molecule has 0 fully saturated rings. The molecule has 1 aromatic carbocycles. The summed E-state index contributed by atoms with van der Waals surface area (Å²) in [5.41, 5.74) is 6.12. The fourth-order valence-corrected chi connectivity index (χ4v) is 1.63. The fourth-order valence-electron chi connectivity index (χ4n) is 1.63. The van der Waals surface area contributed by atoms with E-state index in [1.807, 2.05) is 19.1 Å². The van der Waals surface area contributed by atoms with Crippen molar-refractivity contribution in [2.24, 2.45) is 10.9 Å². The van der Waals surface area contributed by atoms with Gasteiger partial charge in [-0.3, -0.25) is 10.1 Å². The maximum atomic E-state index is 10.8. The minimum atomic E-state index is -0.626. The third-order valence-corrected chi connectivity index (χ3v) is 2.73. The summed E-state index contributed by atoms with van der Waals surface area (Å²) in [6.45, 7) is 1.84. The second-order valence-corrected chi connectivity index (χ2v) is 4.16. The number of ether oxygens (including phenoxy) is 1. The Kier molecular flexibility index (Phi) is 3.98. The highest BCUT2D eigenvalue weighted by Gasteiger charge is 2.17. The molecule has 0 saturated heterocycles. The first-order valence-corrected chi connectivity index (χ1v) is 5.88. The molecule has 0 amide bonds. The standard InChI is InChI=1S/C13H12N4O4/c1-8-4-2-3-5-11(8)21-13-10(12(14)16-18)6-9(7-15-13)17(19)20/h2-7,18H,1H3,(H2,14,16). The van der Waals surface area contributed by atoms with E-state index in [2.05, 4.69) is 10.1 Å². The van der Waals surface area contributed by atoms with Crippen LogP contribution in [-0.2, 0) is 0 Å². The van der Waals surface area contributed by atoms with Crippen molar-refractivity contribution in [1.29, 1.82) is 0 Å². The van der Waals surface area contributed by atoms with Gasteiger partial charge < -0.3 is 15.7 Å². The predicted octanol–water partition coefficient (Wildman–Crippen LogP) is 2.19. The monoisotopic (exact) mass is 288 g/mol. The van der Waals surface area contributed by atoms with Gasteiger partial charge in [0.15, 0.2) is 5.84 Å². The molecule has 1 heterocycles. The van der Waals surface area contributed by atoms with Crippen LogP contribution >= 0.6 is 0 Å². The van der Waals surface area contributed by atoms with Crippen LogP contribution in [0.3, 0.4) is 0 Å². The lowest BCUT2D eigenvalue weighted by molar-refractivity contribution is -0.385. The zero-order chi connectivity index (χ0) is 15.4. The van der Waals surface area contributed by atoms with Crippen molar-refractivity contribution < 1.29 is 14.9 Å². The van der Waals surface area contributed by atoms with Crippen LogP contribution in [0.2, 0.25) is 0 Å². The van der Waals surface area contributed by atoms with Gasteiger partial charge in [-0.2, -0.15) is 0 Å². The Morgan fingerprint density at radius 1 is 1.48 bits per heavy atom. The Balaban J connectivity index is 2.48. The first-order chi connectivity index (χ1) is 10.0. The summed E-state index contributed by atoms with van der Waals surface area (Å²) in [7, 11) is 0. The van der Waals surface area contributed by atoms with Gasteiger partial charge in [-0.15, -0.1) is 0 Å². The van der Waals surface area contributed by atoms with Gasteiger partial charge >= 0.3 is 0 Å². The van der Waals surface area contributed by atoms with Gasteiger partial charge in [0, 0.05) is 6.07 Å². The molecular formula is C13H12N4O4. The third kappa shape index (κ3) is 3.06. The molecular weight excluding hydrogens is 276 g/mol. The average molecular weight is 288 g/mol. The minimum Gasteiger partial charge on any atom is -0.438 e. The molecule has 0 atom stereocenters. The Labute approximate surface area is 119 Å². The normalized spacial score (nSPS) is 11.2. The second kappa shape index (κ2) is 5.87. The van der Waals surface area contributed by atoms with Gasteiger partial charge in [-0.1, -0.05) is 23.4 Å². The van der Waals surface area contributed by atoms with Crippen LogP contribution in [0.25, 0.3) is 0 Å². The Bertz CT molecular complexity index is 715. The molecule has 0 aliphatic carbocycles. The number of nitrogens with two attached hydrogens (primary N) is 1. The lowest BCUT2D eigenvalue weighted by Crippen LogP contribution is -2.15. The van der Waals surface area contributed by atoms with Crippen molar-refractivity contribution in [2.75, 3.05) is 0 Å². The number of hydrogen-bond donors (Lipinski definition) is 2. The van der Waals surface area contributed by atoms with Crippen molar-refractivity contribution >= 4 is 11.5 Å². The molecule has 0 unspecified atom stereocenters. The molecule has 2 aromatic rings. The molecule has 8 heteroatoms. The van der Waals surface area contributed by atoms with E-state index in [9.17, 15) is 10.1 Å². The summed E-state index contributed by atoms with van der Waals surface area (Å²) in [6.07, 6.45) is 1.04. The molecule has 2 rings (SSSR count). The summed E-state index contributed by atoms with van der Waals surface area (Å²) in [5.74, 6) is 0.214. The van der Waals surface area contributed by atoms with Gasteiger partial charge in [0.05, 0.1) is 10.5 Å². The average Bonchev–Trinajstić information content (AvgIpc) is 2.49. The number of nitro groups is 1. The number of nitrogens with zero attached hydrogens (tertiary/aromatic N) is 3. The summed E-state index contributed by atoms with van der Waals surface area (Å²) < 4.78 is 5.59. The van der Waals surface area contributed by atoms with Gasteiger partial charge in [-0.25, -0.2) is 4.98 Å². The largest absolute Gasteiger partial charge is 0.438 e. The van der Waals surface area contributed by atoms with E-state index in [0.717, 1.165) is 17.8 Å². The molecule has 0 bridgehead atoms. The van der Waals surface area contributed by atoms with E-state index in [0.29, 0.717) is 5.75 Å². The lowest BCUT2D eigenvalue weighted by Gasteiger charge is -2.10. The highest BCUT2D eigenvalue weighted by atomic mass is 16.6. The Morgan fingerprint density at radius 2 is 2.19 bits per heavy atom. The smallest absolute Gasteiger partial charge is 0.288 e. The van der Waals surface area contributed by atoms with Crippen LogP contribution in [0, 0.1) is 17.0 Å². The molecule has 0 radical (unpaired) electrons. The Morgan fingerprint density at radius 3 is 2.81 bits per heavy atom. The maximum absolute atomic E-state index is 10.8. The van der Waals surface area contributed by atoms with Gasteiger partial charge in [0.25, 0.3) is 5.69 Å². The van der Waals surface area contributed by atoms with Crippen molar-refractivity contribution in [3.05, 3.63) is 57.8 Å². The molecule has 0 aliphatic heterocycles. The van der Waals surface area contributed by atoms with Crippen LogP contribution in [0.5, 0.6) is 11.6 Å². The predicted molar refractivity (Wildman–Crippen MR) is 74.7 cm³/mol. The van der Waals surface area contributed by atoms with Crippen LogP contribution < -0.4 is 10.5 Å². The highest BCUT2D eigenvalue weighted by Crippen LogP contribution is 2.27. The van der Waals surface area contributed by atoms with Crippen molar-refractivity contribution in [3.8, 4) is 11.6 Å². The SMILES string of the molecule is Cc1ccccc1Oc1ncc([N+](=O)[O-])cc1C(N)=NO. The molecule has 8 nitrogen and oxygen atoms in total. The summed E-state index contributed by atoms with van der Waals surface area (Å²) in [5, 5.41) is 22.4. The van der Waals surface area contributed by atoms with Crippen LogP contribution in [0.4, 0.5) is 5.69 Å².